The number of esters is 1. The van der Waals surface area contributed by atoms with Gasteiger partial charge in [-0.2, -0.15) is 0 Å². The topological polar surface area (TPSA) is 95.9 Å². The van der Waals surface area contributed by atoms with Gasteiger partial charge in [-0.05, 0) is 57.8 Å². The molecule has 0 aromatic carbocycles. The highest BCUT2D eigenvalue weighted by molar-refractivity contribution is 5.76. The first-order chi connectivity index (χ1) is 45.0. The van der Waals surface area contributed by atoms with E-state index >= 15 is 0 Å². The van der Waals surface area contributed by atoms with Crippen molar-refractivity contribution in [2.24, 2.45) is 0 Å². The largest absolute Gasteiger partial charge is 0.466 e. The molecule has 0 aliphatic carbocycles. The summed E-state index contributed by atoms with van der Waals surface area (Å²) in [4.78, 5) is 24.7. The van der Waals surface area contributed by atoms with Gasteiger partial charge in [-0.1, -0.05) is 436 Å². The Kier molecular flexibility index (Phi) is 79.3. The highest BCUT2D eigenvalue weighted by atomic mass is 16.5. The molecule has 0 spiro atoms. The van der Waals surface area contributed by atoms with E-state index in [4.69, 9.17) is 4.74 Å². The van der Waals surface area contributed by atoms with Crippen molar-refractivity contribution in [1.29, 1.82) is 0 Å². The zero-order chi connectivity index (χ0) is 65.6. The Morgan fingerprint density at radius 1 is 0.297 bits per heavy atom. The Hall–Kier alpha value is -1.66. The second-order valence-corrected chi connectivity index (χ2v) is 29.2. The molecular formula is C85H165NO5. The maximum absolute atomic E-state index is 12.6. The van der Waals surface area contributed by atoms with E-state index in [0.29, 0.717) is 19.4 Å². The van der Waals surface area contributed by atoms with Crippen molar-refractivity contribution in [2.45, 2.75) is 495 Å². The number of nitrogens with one attached hydrogen (secondary N) is 1. The second-order valence-electron chi connectivity index (χ2n) is 29.2. The zero-order valence-corrected chi connectivity index (χ0v) is 62.1. The lowest BCUT2D eigenvalue weighted by Crippen LogP contribution is -2.45. The monoisotopic (exact) mass is 1280 g/mol. The first-order valence-electron chi connectivity index (χ1n) is 42.1. The van der Waals surface area contributed by atoms with Crippen molar-refractivity contribution in [2.75, 3.05) is 13.2 Å². The van der Waals surface area contributed by atoms with Crippen LogP contribution >= 0.6 is 0 Å². The fourth-order valence-electron chi connectivity index (χ4n) is 13.6. The average molecular weight is 1280 g/mol. The Morgan fingerprint density at radius 3 is 0.780 bits per heavy atom. The fourth-order valence-corrected chi connectivity index (χ4v) is 13.6. The quantitative estimate of drug-likeness (QED) is 0.0320. The van der Waals surface area contributed by atoms with Gasteiger partial charge in [0.1, 0.15) is 0 Å². The average Bonchev–Trinajstić information content (AvgIpc) is 3.73. The maximum atomic E-state index is 12.6. The van der Waals surface area contributed by atoms with Crippen molar-refractivity contribution in [3.8, 4) is 0 Å². The lowest BCUT2D eigenvalue weighted by Gasteiger charge is -2.20. The number of rotatable bonds is 80. The number of carbonyl (C=O) groups excluding carboxylic acids is 2. The van der Waals surface area contributed by atoms with E-state index in [0.717, 1.165) is 38.5 Å². The predicted molar refractivity (Wildman–Crippen MR) is 403 cm³/mol. The summed E-state index contributed by atoms with van der Waals surface area (Å²) in [6, 6.07) is -0.627. The van der Waals surface area contributed by atoms with Crippen LogP contribution in [0.25, 0.3) is 0 Å². The molecule has 1 amide bonds. The van der Waals surface area contributed by atoms with Crippen molar-refractivity contribution in [3.05, 3.63) is 24.3 Å². The molecule has 0 saturated carbocycles. The molecular weight excluding hydrogens is 1110 g/mol. The molecule has 6 heteroatoms. The SMILES string of the molecule is CCCCCCCCCCCCCCCCCCCCCCCC/C=C/C(O)C(CO)NC(=O)CCCCCCCCCCCCCCCCCC/C=C\CCCCCCCCCCCCCCOC(=O)CCCCCCCCCCCCCCCCCCCC. The van der Waals surface area contributed by atoms with Gasteiger partial charge in [-0.3, -0.25) is 9.59 Å². The van der Waals surface area contributed by atoms with Gasteiger partial charge in [0.25, 0.3) is 0 Å². The number of hydrogen-bond donors (Lipinski definition) is 3. The number of aliphatic hydroxyl groups is 2. The minimum atomic E-state index is -0.844. The Labute approximate surface area is 571 Å². The summed E-state index contributed by atoms with van der Waals surface area (Å²) in [5.41, 5.74) is 0. The number of allylic oxidation sites excluding steroid dienone is 3. The predicted octanol–water partition coefficient (Wildman–Crippen LogP) is 28.0. The molecule has 91 heavy (non-hydrogen) atoms. The third kappa shape index (κ3) is 77.2. The highest BCUT2D eigenvalue weighted by Crippen LogP contribution is 2.20. The van der Waals surface area contributed by atoms with Gasteiger partial charge in [-0.15, -0.1) is 0 Å². The van der Waals surface area contributed by atoms with Crippen LogP contribution in [0.5, 0.6) is 0 Å². The number of aliphatic hydroxyl groups excluding tert-OH is 2. The van der Waals surface area contributed by atoms with Gasteiger partial charge >= 0.3 is 5.97 Å². The van der Waals surface area contributed by atoms with Gasteiger partial charge in [-0.25, -0.2) is 0 Å². The minimum Gasteiger partial charge on any atom is -0.466 e. The standard InChI is InChI=1S/C85H165NO5/c1-3-5-7-9-11-13-15-17-19-21-23-24-25-36-39-42-45-49-53-57-61-65-69-73-77-83(88)82(81-87)86-84(89)78-74-70-66-62-58-54-50-46-43-40-37-34-32-30-28-26-27-29-31-33-35-38-41-44-48-52-56-60-64-68-72-76-80-91-85(90)79-75-71-67-63-59-55-51-47-22-20-18-16-14-12-10-8-6-4-2/h29,31,73,77,82-83,87-88H,3-28,30,32-72,74-76,78-81H2,1-2H3,(H,86,89)/b31-29-,77-73+. The first kappa shape index (κ1) is 89.3. The number of amides is 1. The van der Waals surface area contributed by atoms with Crippen LogP contribution < -0.4 is 5.32 Å². The molecule has 0 aliphatic heterocycles. The van der Waals surface area contributed by atoms with Gasteiger partial charge in [0.15, 0.2) is 0 Å². The normalized spacial score (nSPS) is 12.5. The summed E-state index contributed by atoms with van der Waals surface area (Å²) >= 11 is 0. The smallest absolute Gasteiger partial charge is 0.305 e. The molecule has 2 unspecified atom stereocenters. The highest BCUT2D eigenvalue weighted by Gasteiger charge is 2.18. The van der Waals surface area contributed by atoms with Crippen molar-refractivity contribution < 1.29 is 24.5 Å². The molecule has 0 aromatic heterocycles. The van der Waals surface area contributed by atoms with Gasteiger partial charge < -0.3 is 20.3 Å². The van der Waals surface area contributed by atoms with Crippen LogP contribution in [-0.2, 0) is 14.3 Å². The molecule has 0 heterocycles. The van der Waals surface area contributed by atoms with Crippen LogP contribution in [0.15, 0.2) is 24.3 Å². The molecule has 0 rings (SSSR count). The lowest BCUT2D eigenvalue weighted by molar-refractivity contribution is -0.143. The number of unbranched alkanes of at least 4 members (excludes halogenated alkanes) is 67. The second kappa shape index (κ2) is 80.8. The van der Waals surface area contributed by atoms with Crippen LogP contribution in [-0.4, -0.2) is 47.4 Å². The molecule has 0 bridgehead atoms. The van der Waals surface area contributed by atoms with E-state index in [-0.39, 0.29) is 18.5 Å². The summed E-state index contributed by atoms with van der Waals surface area (Å²) in [7, 11) is 0. The van der Waals surface area contributed by atoms with Gasteiger partial charge in [0.2, 0.25) is 5.91 Å². The summed E-state index contributed by atoms with van der Waals surface area (Å²) in [6.07, 6.45) is 105. The van der Waals surface area contributed by atoms with Crippen molar-refractivity contribution in [1.82, 2.24) is 5.32 Å². The fraction of sp³-hybridized carbons (Fsp3) is 0.929. The third-order valence-electron chi connectivity index (χ3n) is 20.0. The van der Waals surface area contributed by atoms with Crippen LogP contribution in [0.4, 0.5) is 0 Å². The van der Waals surface area contributed by atoms with E-state index in [1.54, 1.807) is 6.08 Å². The Bertz CT molecular complexity index is 1430. The summed E-state index contributed by atoms with van der Waals surface area (Å²) in [6.45, 7) is 4.97. The van der Waals surface area contributed by atoms with Crippen LogP contribution in [0.3, 0.4) is 0 Å². The van der Waals surface area contributed by atoms with Gasteiger partial charge in [0, 0.05) is 12.8 Å². The third-order valence-corrected chi connectivity index (χ3v) is 20.0. The van der Waals surface area contributed by atoms with Crippen molar-refractivity contribution >= 4 is 11.9 Å². The Morgan fingerprint density at radius 2 is 0.516 bits per heavy atom. The summed E-state index contributed by atoms with van der Waals surface area (Å²) < 4.78 is 5.52. The number of carbonyl (C=O) groups is 2. The zero-order valence-electron chi connectivity index (χ0n) is 62.1. The number of ether oxygens (including phenoxy) is 1. The first-order valence-corrected chi connectivity index (χ1v) is 42.1. The summed E-state index contributed by atoms with van der Waals surface area (Å²) in [5.74, 6) is -0.0361. The molecule has 0 radical (unpaired) electrons. The van der Waals surface area contributed by atoms with Crippen LogP contribution in [0, 0.1) is 0 Å². The molecule has 540 valence electrons. The maximum Gasteiger partial charge on any atom is 0.305 e. The Balaban J connectivity index is 3.36. The van der Waals surface area contributed by atoms with Crippen LogP contribution in [0.2, 0.25) is 0 Å². The summed E-state index contributed by atoms with van der Waals surface area (Å²) in [5, 5.41) is 23.3. The molecule has 0 saturated heterocycles. The van der Waals surface area contributed by atoms with E-state index in [1.165, 1.54) is 417 Å². The van der Waals surface area contributed by atoms with Gasteiger partial charge in [0.05, 0.1) is 25.4 Å². The van der Waals surface area contributed by atoms with E-state index in [2.05, 4.69) is 31.3 Å². The van der Waals surface area contributed by atoms with Crippen LogP contribution in [0.1, 0.15) is 483 Å². The minimum absolute atomic E-state index is 0.0236. The molecule has 3 N–H and O–H groups in total. The molecule has 0 aromatic rings. The van der Waals surface area contributed by atoms with E-state index in [1.807, 2.05) is 6.08 Å². The molecule has 6 nitrogen and oxygen atoms in total. The number of hydrogen-bond acceptors (Lipinski definition) is 5. The van der Waals surface area contributed by atoms with E-state index < -0.39 is 12.1 Å². The van der Waals surface area contributed by atoms with E-state index in [9.17, 15) is 19.8 Å². The molecule has 2 atom stereocenters. The van der Waals surface area contributed by atoms with Crippen molar-refractivity contribution in [3.63, 3.8) is 0 Å². The molecule has 0 fully saturated rings. The molecule has 0 aliphatic rings. The lowest BCUT2D eigenvalue weighted by atomic mass is 10.0.